The van der Waals surface area contributed by atoms with Crippen LogP contribution in [0, 0.1) is 23.0 Å². The van der Waals surface area contributed by atoms with E-state index >= 15 is 0 Å². The van der Waals surface area contributed by atoms with Crippen molar-refractivity contribution in [1.82, 2.24) is 14.9 Å². The van der Waals surface area contributed by atoms with Crippen LogP contribution in [-0.4, -0.2) is 41.0 Å². The number of nitrogens with zero attached hydrogens (tertiary/aromatic N) is 5. The normalized spacial score (nSPS) is 16.7. The molecule has 5 nitrogen and oxygen atoms in total. The Labute approximate surface area is 139 Å². The summed E-state index contributed by atoms with van der Waals surface area (Å²) in [4.78, 5) is 12.4. The Kier molecular flexibility index (Phi) is 4.67. The first-order valence-electron chi connectivity index (χ1n) is 7.75. The molecular weight excluding hydrogens is 312 g/mol. The van der Waals surface area contributed by atoms with Gasteiger partial charge in [0.1, 0.15) is 17.7 Å². The van der Waals surface area contributed by atoms with E-state index in [0.29, 0.717) is 43.3 Å². The lowest BCUT2D eigenvalue weighted by Crippen LogP contribution is -2.47. The van der Waals surface area contributed by atoms with E-state index in [9.17, 15) is 8.78 Å². The molecule has 0 radical (unpaired) electrons. The molecule has 0 amide bonds. The fourth-order valence-corrected chi connectivity index (χ4v) is 3.00. The second kappa shape index (κ2) is 6.89. The van der Waals surface area contributed by atoms with Crippen LogP contribution in [0.4, 0.5) is 14.6 Å². The number of piperazine rings is 1. The Balaban J connectivity index is 1.70. The van der Waals surface area contributed by atoms with Gasteiger partial charge in [-0.15, -0.1) is 0 Å². The average Bonchev–Trinajstić information content (AvgIpc) is 2.61. The number of hydrogen-bond donors (Lipinski definition) is 0. The van der Waals surface area contributed by atoms with Gasteiger partial charge in [-0.3, -0.25) is 4.90 Å². The molecule has 1 saturated heterocycles. The van der Waals surface area contributed by atoms with Crippen molar-refractivity contribution >= 4 is 5.82 Å². The second-order valence-electron chi connectivity index (χ2n) is 5.71. The summed E-state index contributed by atoms with van der Waals surface area (Å²) < 4.78 is 27.0. The zero-order valence-electron chi connectivity index (χ0n) is 13.3. The second-order valence-corrected chi connectivity index (χ2v) is 5.71. The molecule has 1 atom stereocenters. The minimum atomic E-state index is -0.569. The Morgan fingerprint density at radius 2 is 1.83 bits per heavy atom. The number of hydrogen-bond acceptors (Lipinski definition) is 5. The van der Waals surface area contributed by atoms with Crippen LogP contribution in [0.5, 0.6) is 0 Å². The first kappa shape index (κ1) is 16.3. The molecule has 3 rings (SSSR count). The standard InChI is InChI=1S/C17H17F2N5/c1-12(14-3-2-13(18)10-15(14)19)23-6-8-24(9-7-23)17-16(11-20)21-4-5-22-17/h2-5,10,12H,6-9H2,1H3/t12-/m0/s1. The largest absolute Gasteiger partial charge is 0.352 e. The summed E-state index contributed by atoms with van der Waals surface area (Å²) in [6, 6.07) is 5.60. The number of aromatic nitrogens is 2. The predicted octanol–water partition coefficient (Wildman–Crippen LogP) is 2.51. The van der Waals surface area contributed by atoms with Crippen LogP contribution < -0.4 is 4.90 Å². The molecule has 1 fully saturated rings. The van der Waals surface area contributed by atoms with Crippen LogP contribution in [-0.2, 0) is 0 Å². The fraction of sp³-hybridized carbons (Fsp3) is 0.353. The molecule has 124 valence electrons. The van der Waals surface area contributed by atoms with Gasteiger partial charge < -0.3 is 4.90 Å². The minimum absolute atomic E-state index is 0.148. The summed E-state index contributed by atoms with van der Waals surface area (Å²) in [6.45, 7) is 4.63. The maximum Gasteiger partial charge on any atom is 0.183 e. The maximum absolute atomic E-state index is 14.0. The monoisotopic (exact) mass is 329 g/mol. The molecule has 1 aromatic heterocycles. The highest BCUT2D eigenvalue weighted by Crippen LogP contribution is 2.26. The van der Waals surface area contributed by atoms with Gasteiger partial charge in [0.05, 0.1) is 0 Å². The zero-order chi connectivity index (χ0) is 17.1. The van der Waals surface area contributed by atoms with Gasteiger partial charge in [0.15, 0.2) is 11.5 Å². The molecular formula is C17H17F2N5. The Bertz CT molecular complexity index is 766. The molecule has 0 spiro atoms. The van der Waals surface area contributed by atoms with Gasteiger partial charge in [-0.05, 0) is 13.0 Å². The van der Waals surface area contributed by atoms with E-state index in [-0.39, 0.29) is 6.04 Å². The molecule has 1 aliphatic heterocycles. The van der Waals surface area contributed by atoms with Crippen LogP contribution >= 0.6 is 0 Å². The molecule has 24 heavy (non-hydrogen) atoms. The third kappa shape index (κ3) is 3.19. The van der Waals surface area contributed by atoms with E-state index in [1.54, 1.807) is 6.20 Å². The molecule has 1 aliphatic rings. The van der Waals surface area contributed by atoms with Crippen molar-refractivity contribution in [2.75, 3.05) is 31.1 Å². The number of halogens is 2. The Morgan fingerprint density at radius 1 is 1.12 bits per heavy atom. The molecule has 0 aliphatic carbocycles. The first-order valence-corrected chi connectivity index (χ1v) is 7.75. The number of rotatable bonds is 3. The summed E-state index contributed by atoms with van der Waals surface area (Å²) in [5.41, 5.74) is 0.797. The van der Waals surface area contributed by atoms with Gasteiger partial charge in [0, 0.05) is 56.2 Å². The predicted molar refractivity (Wildman–Crippen MR) is 85.3 cm³/mol. The van der Waals surface area contributed by atoms with E-state index in [0.717, 1.165) is 6.07 Å². The summed E-state index contributed by atoms with van der Waals surface area (Å²) in [5, 5.41) is 9.13. The summed E-state index contributed by atoms with van der Waals surface area (Å²) in [5.74, 6) is -0.508. The van der Waals surface area contributed by atoms with Gasteiger partial charge in [-0.2, -0.15) is 5.26 Å². The summed E-state index contributed by atoms with van der Waals surface area (Å²) in [7, 11) is 0. The maximum atomic E-state index is 14.0. The third-order valence-corrected chi connectivity index (χ3v) is 4.36. The Morgan fingerprint density at radius 3 is 2.50 bits per heavy atom. The van der Waals surface area contributed by atoms with Crippen LogP contribution in [0.2, 0.25) is 0 Å². The lowest BCUT2D eigenvalue weighted by Gasteiger charge is -2.38. The van der Waals surface area contributed by atoms with Crippen molar-refractivity contribution in [2.24, 2.45) is 0 Å². The molecule has 2 heterocycles. The van der Waals surface area contributed by atoms with Crippen molar-refractivity contribution < 1.29 is 8.78 Å². The van der Waals surface area contributed by atoms with E-state index in [2.05, 4.69) is 20.9 Å². The van der Waals surface area contributed by atoms with Crippen molar-refractivity contribution in [1.29, 1.82) is 5.26 Å². The molecule has 0 N–H and O–H groups in total. The lowest BCUT2D eigenvalue weighted by molar-refractivity contribution is 0.194. The van der Waals surface area contributed by atoms with Gasteiger partial charge in [-0.1, -0.05) is 6.07 Å². The molecule has 7 heteroatoms. The minimum Gasteiger partial charge on any atom is -0.352 e. The van der Waals surface area contributed by atoms with Gasteiger partial charge in [0.25, 0.3) is 0 Å². The van der Waals surface area contributed by atoms with Crippen molar-refractivity contribution in [2.45, 2.75) is 13.0 Å². The van der Waals surface area contributed by atoms with Crippen molar-refractivity contribution in [3.63, 3.8) is 0 Å². The molecule has 0 unspecified atom stereocenters. The zero-order valence-corrected chi connectivity index (χ0v) is 13.3. The highest BCUT2D eigenvalue weighted by molar-refractivity contribution is 5.49. The number of anilines is 1. The number of nitriles is 1. The number of benzene rings is 1. The third-order valence-electron chi connectivity index (χ3n) is 4.36. The highest BCUT2D eigenvalue weighted by atomic mass is 19.1. The SMILES string of the molecule is C[C@@H](c1ccc(F)cc1F)N1CCN(c2nccnc2C#N)CC1. The van der Waals surface area contributed by atoms with E-state index in [1.165, 1.54) is 18.3 Å². The van der Waals surface area contributed by atoms with Crippen molar-refractivity contribution in [3.8, 4) is 6.07 Å². The van der Waals surface area contributed by atoms with Crippen LogP contribution in [0.25, 0.3) is 0 Å². The molecule has 0 bridgehead atoms. The van der Waals surface area contributed by atoms with Gasteiger partial charge >= 0.3 is 0 Å². The average molecular weight is 329 g/mol. The highest BCUT2D eigenvalue weighted by Gasteiger charge is 2.25. The van der Waals surface area contributed by atoms with Crippen LogP contribution in [0.1, 0.15) is 24.2 Å². The van der Waals surface area contributed by atoms with Gasteiger partial charge in [-0.25, -0.2) is 18.7 Å². The topological polar surface area (TPSA) is 56.1 Å². The fourth-order valence-electron chi connectivity index (χ4n) is 3.00. The van der Waals surface area contributed by atoms with Gasteiger partial charge in [0.2, 0.25) is 0 Å². The quantitative estimate of drug-likeness (QED) is 0.866. The smallest absolute Gasteiger partial charge is 0.183 e. The summed E-state index contributed by atoms with van der Waals surface area (Å²) >= 11 is 0. The molecule has 0 saturated carbocycles. The van der Waals surface area contributed by atoms with E-state index < -0.39 is 11.6 Å². The molecule has 1 aromatic carbocycles. The van der Waals surface area contributed by atoms with Crippen LogP contribution in [0.3, 0.4) is 0 Å². The summed E-state index contributed by atoms with van der Waals surface area (Å²) in [6.07, 6.45) is 3.07. The van der Waals surface area contributed by atoms with E-state index in [4.69, 9.17) is 5.26 Å². The van der Waals surface area contributed by atoms with E-state index in [1.807, 2.05) is 11.8 Å². The first-order chi connectivity index (χ1) is 11.6. The Hall–Kier alpha value is -2.59. The van der Waals surface area contributed by atoms with Crippen molar-refractivity contribution in [3.05, 3.63) is 53.5 Å². The van der Waals surface area contributed by atoms with Crippen LogP contribution in [0.15, 0.2) is 30.6 Å². The molecule has 2 aromatic rings. The lowest BCUT2D eigenvalue weighted by atomic mass is 10.1.